The van der Waals surface area contributed by atoms with Crippen LogP contribution in [0.4, 0.5) is 0 Å². The largest absolute Gasteiger partial charge is 0.310 e. The summed E-state index contributed by atoms with van der Waals surface area (Å²) in [5.41, 5.74) is 1.42. The van der Waals surface area contributed by atoms with E-state index in [1.54, 1.807) is 0 Å². The SMILES string of the molecule is ClC1CC(NCc2csc3ccccc23)C1. The minimum Gasteiger partial charge on any atom is -0.310 e. The first kappa shape index (κ1) is 10.6. The van der Waals surface area contributed by atoms with E-state index in [9.17, 15) is 0 Å². The van der Waals surface area contributed by atoms with E-state index in [1.807, 2.05) is 11.3 Å². The Kier molecular flexibility index (Phi) is 2.88. The molecule has 16 heavy (non-hydrogen) atoms. The Bertz CT molecular complexity index is 487. The van der Waals surface area contributed by atoms with Gasteiger partial charge in [-0.3, -0.25) is 0 Å². The molecule has 1 nitrogen and oxygen atoms in total. The average molecular weight is 252 g/mol. The van der Waals surface area contributed by atoms with Gasteiger partial charge in [-0.2, -0.15) is 0 Å². The second kappa shape index (κ2) is 4.36. The zero-order valence-corrected chi connectivity index (χ0v) is 10.5. The van der Waals surface area contributed by atoms with E-state index in [4.69, 9.17) is 11.6 Å². The van der Waals surface area contributed by atoms with Crippen molar-refractivity contribution >= 4 is 33.0 Å². The molecule has 3 rings (SSSR count). The summed E-state index contributed by atoms with van der Waals surface area (Å²) in [6, 6.07) is 9.22. The first-order valence-corrected chi connectivity index (χ1v) is 6.97. The molecule has 1 aromatic carbocycles. The van der Waals surface area contributed by atoms with Crippen molar-refractivity contribution in [1.82, 2.24) is 5.32 Å². The molecule has 0 saturated heterocycles. The average Bonchev–Trinajstić information content (AvgIpc) is 2.66. The zero-order valence-electron chi connectivity index (χ0n) is 8.95. The highest BCUT2D eigenvalue weighted by Crippen LogP contribution is 2.28. The second-order valence-corrected chi connectivity index (χ2v) is 5.93. The predicted octanol–water partition coefficient (Wildman–Crippen LogP) is 3.76. The van der Waals surface area contributed by atoms with E-state index < -0.39 is 0 Å². The van der Waals surface area contributed by atoms with Gasteiger partial charge in [0.1, 0.15) is 0 Å². The summed E-state index contributed by atoms with van der Waals surface area (Å²) < 4.78 is 1.38. The molecule has 0 spiro atoms. The molecule has 0 aliphatic heterocycles. The molecule has 1 N–H and O–H groups in total. The van der Waals surface area contributed by atoms with Crippen LogP contribution in [0.25, 0.3) is 10.1 Å². The highest BCUT2D eigenvalue weighted by Gasteiger charge is 2.26. The van der Waals surface area contributed by atoms with E-state index in [2.05, 4.69) is 35.0 Å². The van der Waals surface area contributed by atoms with Crippen LogP contribution in [0.2, 0.25) is 0 Å². The molecule has 1 aliphatic carbocycles. The lowest BCUT2D eigenvalue weighted by molar-refractivity contribution is 0.345. The number of thiophene rings is 1. The Hall–Kier alpha value is -0.570. The second-order valence-electron chi connectivity index (χ2n) is 4.40. The maximum Gasteiger partial charge on any atom is 0.0365 e. The third-order valence-electron chi connectivity index (χ3n) is 3.22. The molecule has 0 radical (unpaired) electrons. The van der Waals surface area contributed by atoms with Crippen LogP contribution < -0.4 is 5.32 Å². The van der Waals surface area contributed by atoms with Crippen molar-refractivity contribution < 1.29 is 0 Å². The topological polar surface area (TPSA) is 12.0 Å². The van der Waals surface area contributed by atoms with Crippen molar-refractivity contribution in [2.75, 3.05) is 0 Å². The fraction of sp³-hybridized carbons (Fsp3) is 0.385. The smallest absolute Gasteiger partial charge is 0.0365 e. The minimum absolute atomic E-state index is 0.400. The van der Waals surface area contributed by atoms with E-state index in [-0.39, 0.29) is 0 Å². The molecular formula is C13H14ClNS. The van der Waals surface area contributed by atoms with Gasteiger partial charge >= 0.3 is 0 Å². The fourth-order valence-corrected chi connectivity index (χ4v) is 3.53. The number of hydrogen-bond acceptors (Lipinski definition) is 2. The van der Waals surface area contributed by atoms with Crippen LogP contribution in [0.5, 0.6) is 0 Å². The van der Waals surface area contributed by atoms with Gasteiger partial charge in [-0.1, -0.05) is 18.2 Å². The third kappa shape index (κ3) is 1.97. The van der Waals surface area contributed by atoms with Crippen molar-refractivity contribution in [2.45, 2.75) is 30.8 Å². The van der Waals surface area contributed by atoms with Crippen LogP contribution in [-0.4, -0.2) is 11.4 Å². The summed E-state index contributed by atoms with van der Waals surface area (Å²) >= 11 is 7.79. The van der Waals surface area contributed by atoms with Crippen LogP contribution in [-0.2, 0) is 6.54 Å². The number of rotatable bonds is 3. The Morgan fingerprint density at radius 1 is 1.31 bits per heavy atom. The van der Waals surface area contributed by atoms with Crippen molar-refractivity contribution in [3.63, 3.8) is 0 Å². The summed E-state index contributed by atoms with van der Waals surface area (Å²) in [6.45, 7) is 0.971. The van der Waals surface area contributed by atoms with E-state index >= 15 is 0 Å². The van der Waals surface area contributed by atoms with Gasteiger partial charge in [0.2, 0.25) is 0 Å². The Labute approximate surface area is 104 Å². The molecule has 0 unspecified atom stereocenters. The molecule has 3 heteroatoms. The molecule has 1 heterocycles. The van der Waals surface area contributed by atoms with Crippen LogP contribution in [0.15, 0.2) is 29.6 Å². The highest BCUT2D eigenvalue weighted by atomic mass is 35.5. The van der Waals surface area contributed by atoms with E-state index in [0.717, 1.165) is 19.4 Å². The molecule has 1 saturated carbocycles. The predicted molar refractivity (Wildman–Crippen MR) is 71.3 cm³/mol. The third-order valence-corrected chi connectivity index (χ3v) is 4.59. The number of hydrogen-bond donors (Lipinski definition) is 1. The first-order chi connectivity index (χ1) is 7.83. The van der Waals surface area contributed by atoms with Gasteiger partial charge in [-0.05, 0) is 35.2 Å². The molecule has 2 aromatic rings. The quantitative estimate of drug-likeness (QED) is 0.819. The monoisotopic (exact) mass is 251 g/mol. The lowest BCUT2D eigenvalue weighted by Crippen LogP contribution is -2.41. The maximum absolute atomic E-state index is 5.96. The number of halogens is 1. The van der Waals surface area contributed by atoms with Gasteiger partial charge in [0.05, 0.1) is 0 Å². The minimum atomic E-state index is 0.400. The molecule has 0 atom stereocenters. The maximum atomic E-state index is 5.96. The number of alkyl halides is 1. The van der Waals surface area contributed by atoms with E-state index in [0.29, 0.717) is 11.4 Å². The summed E-state index contributed by atoms with van der Waals surface area (Å²) in [6.07, 6.45) is 2.23. The van der Waals surface area contributed by atoms with Crippen molar-refractivity contribution in [3.05, 3.63) is 35.2 Å². The number of fused-ring (bicyclic) bond motifs is 1. The zero-order chi connectivity index (χ0) is 11.0. The Morgan fingerprint density at radius 3 is 2.94 bits per heavy atom. The van der Waals surface area contributed by atoms with Gasteiger partial charge in [-0.25, -0.2) is 0 Å². The first-order valence-electron chi connectivity index (χ1n) is 5.65. The van der Waals surface area contributed by atoms with E-state index in [1.165, 1.54) is 15.6 Å². The lowest BCUT2D eigenvalue weighted by atomic mass is 9.92. The molecule has 1 fully saturated rings. The summed E-state index contributed by atoms with van der Waals surface area (Å²) in [7, 11) is 0. The normalized spacial score (nSPS) is 24.6. The van der Waals surface area contributed by atoms with Crippen LogP contribution in [0, 0.1) is 0 Å². The highest BCUT2D eigenvalue weighted by molar-refractivity contribution is 7.17. The summed E-state index contributed by atoms with van der Waals surface area (Å²) in [4.78, 5) is 0. The van der Waals surface area contributed by atoms with Crippen LogP contribution in [0.3, 0.4) is 0 Å². The molecular weight excluding hydrogens is 238 g/mol. The summed E-state index contributed by atoms with van der Waals surface area (Å²) in [5.74, 6) is 0. The van der Waals surface area contributed by atoms with Gasteiger partial charge < -0.3 is 5.32 Å². The molecule has 1 aromatic heterocycles. The van der Waals surface area contributed by atoms with Crippen LogP contribution >= 0.6 is 22.9 Å². The van der Waals surface area contributed by atoms with Crippen molar-refractivity contribution in [3.8, 4) is 0 Å². The molecule has 0 bridgehead atoms. The lowest BCUT2D eigenvalue weighted by Gasteiger charge is -2.31. The van der Waals surface area contributed by atoms with Crippen molar-refractivity contribution in [2.24, 2.45) is 0 Å². The van der Waals surface area contributed by atoms with Gasteiger partial charge in [0.25, 0.3) is 0 Å². The number of nitrogens with one attached hydrogen (secondary N) is 1. The van der Waals surface area contributed by atoms with Gasteiger partial charge in [0.15, 0.2) is 0 Å². The molecule has 84 valence electrons. The van der Waals surface area contributed by atoms with Crippen molar-refractivity contribution in [1.29, 1.82) is 0 Å². The molecule has 0 amide bonds. The van der Waals surface area contributed by atoms with Crippen LogP contribution in [0.1, 0.15) is 18.4 Å². The standard InChI is InChI=1S/C13H14ClNS/c14-10-5-11(6-10)15-7-9-8-16-13-4-2-1-3-12(9)13/h1-4,8,10-11,15H,5-7H2. The summed E-state index contributed by atoms with van der Waals surface area (Å²) in [5, 5.41) is 7.61. The Morgan fingerprint density at radius 2 is 2.12 bits per heavy atom. The van der Waals surface area contributed by atoms with Gasteiger partial charge in [-0.15, -0.1) is 22.9 Å². The number of benzene rings is 1. The Balaban J connectivity index is 1.70. The fourth-order valence-electron chi connectivity index (χ4n) is 2.14. The van der Waals surface area contributed by atoms with Gasteiger partial charge in [0, 0.05) is 22.7 Å². The molecule has 1 aliphatic rings.